The normalized spacial score (nSPS) is 11.2. The van der Waals surface area contributed by atoms with Crippen molar-refractivity contribution in [2.45, 2.75) is 26.4 Å². The van der Waals surface area contributed by atoms with E-state index >= 15 is 0 Å². The maximum Gasteiger partial charge on any atom is 0.136 e. The smallest absolute Gasteiger partial charge is 0.136 e. The summed E-state index contributed by atoms with van der Waals surface area (Å²) >= 11 is 5.95. The number of rotatable bonds is 4. The number of halogens is 4. The first kappa shape index (κ1) is 15.9. The third kappa shape index (κ3) is 3.77. The molecule has 1 N–H and O–H groups in total. The fourth-order valence-corrected chi connectivity index (χ4v) is 2.26. The standard InChI is InChI=1S/C16H15ClF3N/c1-9(2)21-8-10-5-11(17)3-4-13(10)16-14(19)6-12(18)7-15(16)20/h3-7,9,21H,8H2,1-2H3. The van der Waals surface area contributed by atoms with Crippen molar-refractivity contribution in [2.75, 3.05) is 0 Å². The van der Waals surface area contributed by atoms with Gasteiger partial charge >= 0.3 is 0 Å². The monoisotopic (exact) mass is 313 g/mol. The fourth-order valence-electron chi connectivity index (χ4n) is 2.07. The molecule has 2 aromatic carbocycles. The molecular formula is C16H15ClF3N. The van der Waals surface area contributed by atoms with Gasteiger partial charge < -0.3 is 5.32 Å². The van der Waals surface area contributed by atoms with Crippen molar-refractivity contribution in [3.63, 3.8) is 0 Å². The van der Waals surface area contributed by atoms with Gasteiger partial charge in [0.25, 0.3) is 0 Å². The highest BCUT2D eigenvalue weighted by atomic mass is 35.5. The van der Waals surface area contributed by atoms with Gasteiger partial charge in [-0.05, 0) is 23.3 Å². The number of hydrogen-bond donors (Lipinski definition) is 1. The lowest BCUT2D eigenvalue weighted by Crippen LogP contribution is -2.22. The highest BCUT2D eigenvalue weighted by molar-refractivity contribution is 6.30. The van der Waals surface area contributed by atoms with Crippen LogP contribution in [0.15, 0.2) is 30.3 Å². The topological polar surface area (TPSA) is 12.0 Å². The molecule has 0 unspecified atom stereocenters. The van der Waals surface area contributed by atoms with E-state index in [-0.39, 0.29) is 11.6 Å². The first-order valence-corrected chi connectivity index (χ1v) is 6.93. The maximum absolute atomic E-state index is 13.9. The zero-order valence-corrected chi connectivity index (χ0v) is 12.4. The minimum Gasteiger partial charge on any atom is -0.310 e. The molecule has 2 rings (SSSR count). The molecule has 0 amide bonds. The van der Waals surface area contributed by atoms with E-state index in [0.717, 1.165) is 0 Å². The first-order valence-electron chi connectivity index (χ1n) is 6.55. The maximum atomic E-state index is 13.9. The molecule has 21 heavy (non-hydrogen) atoms. The van der Waals surface area contributed by atoms with Crippen molar-refractivity contribution in [1.82, 2.24) is 5.32 Å². The van der Waals surface area contributed by atoms with E-state index in [0.29, 0.717) is 34.8 Å². The average molecular weight is 314 g/mol. The second kappa shape index (κ2) is 6.50. The summed E-state index contributed by atoms with van der Waals surface area (Å²) in [7, 11) is 0. The first-order chi connectivity index (χ1) is 9.88. The van der Waals surface area contributed by atoms with Gasteiger partial charge in [0.15, 0.2) is 0 Å². The van der Waals surface area contributed by atoms with Crippen LogP contribution in [0.4, 0.5) is 13.2 Å². The van der Waals surface area contributed by atoms with Crippen molar-refractivity contribution in [3.8, 4) is 11.1 Å². The summed E-state index contributed by atoms with van der Waals surface area (Å²) in [5, 5.41) is 3.65. The Labute approximate surface area is 126 Å². The van der Waals surface area contributed by atoms with Crippen LogP contribution in [-0.2, 0) is 6.54 Å². The summed E-state index contributed by atoms with van der Waals surface area (Å²) < 4.78 is 40.9. The zero-order chi connectivity index (χ0) is 15.6. The van der Waals surface area contributed by atoms with E-state index in [1.807, 2.05) is 13.8 Å². The van der Waals surface area contributed by atoms with Crippen molar-refractivity contribution in [3.05, 3.63) is 58.4 Å². The molecule has 2 aromatic rings. The molecule has 0 aliphatic heterocycles. The van der Waals surface area contributed by atoms with Crippen LogP contribution in [0.5, 0.6) is 0 Å². The molecular weight excluding hydrogens is 299 g/mol. The van der Waals surface area contributed by atoms with Gasteiger partial charge in [0.1, 0.15) is 17.5 Å². The Kier molecular flexibility index (Phi) is 4.91. The predicted octanol–water partition coefficient (Wildman–Crippen LogP) is 4.92. The van der Waals surface area contributed by atoms with Gasteiger partial charge in [0, 0.05) is 29.7 Å². The summed E-state index contributed by atoms with van der Waals surface area (Å²) in [6, 6.07) is 6.30. The Morgan fingerprint density at radius 2 is 1.67 bits per heavy atom. The van der Waals surface area contributed by atoms with Gasteiger partial charge in [-0.1, -0.05) is 31.5 Å². The van der Waals surface area contributed by atoms with Crippen molar-refractivity contribution >= 4 is 11.6 Å². The zero-order valence-electron chi connectivity index (χ0n) is 11.7. The molecule has 112 valence electrons. The number of hydrogen-bond acceptors (Lipinski definition) is 1. The summed E-state index contributed by atoms with van der Waals surface area (Å²) in [6.07, 6.45) is 0. The van der Waals surface area contributed by atoms with Gasteiger partial charge in [-0.25, -0.2) is 13.2 Å². The summed E-state index contributed by atoms with van der Waals surface area (Å²) in [6.45, 7) is 4.33. The molecule has 0 spiro atoms. The molecule has 0 aliphatic carbocycles. The summed E-state index contributed by atoms with van der Waals surface area (Å²) in [4.78, 5) is 0. The van der Waals surface area contributed by atoms with Crippen LogP contribution in [0.1, 0.15) is 19.4 Å². The molecule has 1 nitrogen and oxygen atoms in total. The molecule has 0 aliphatic rings. The Hall–Kier alpha value is -1.52. The Morgan fingerprint density at radius 3 is 2.24 bits per heavy atom. The van der Waals surface area contributed by atoms with E-state index in [9.17, 15) is 13.2 Å². The van der Waals surface area contributed by atoms with Crippen LogP contribution >= 0.6 is 11.6 Å². The number of benzene rings is 2. The van der Waals surface area contributed by atoms with E-state index < -0.39 is 17.5 Å². The highest BCUT2D eigenvalue weighted by Gasteiger charge is 2.17. The van der Waals surface area contributed by atoms with E-state index in [1.165, 1.54) is 0 Å². The SMILES string of the molecule is CC(C)NCc1cc(Cl)ccc1-c1c(F)cc(F)cc1F. The van der Waals surface area contributed by atoms with E-state index in [2.05, 4.69) is 5.32 Å². The van der Waals surface area contributed by atoms with Crippen molar-refractivity contribution in [1.29, 1.82) is 0 Å². The Balaban J connectivity index is 2.53. The van der Waals surface area contributed by atoms with Gasteiger partial charge in [0.05, 0.1) is 5.56 Å². The lowest BCUT2D eigenvalue weighted by molar-refractivity contribution is 0.547. The average Bonchev–Trinajstić information content (AvgIpc) is 2.37. The van der Waals surface area contributed by atoms with E-state index in [4.69, 9.17) is 11.6 Å². The fraction of sp³-hybridized carbons (Fsp3) is 0.250. The number of nitrogens with one attached hydrogen (secondary N) is 1. The van der Waals surface area contributed by atoms with Crippen LogP contribution in [0.25, 0.3) is 11.1 Å². The molecule has 5 heteroatoms. The van der Waals surface area contributed by atoms with Gasteiger partial charge in [-0.15, -0.1) is 0 Å². The summed E-state index contributed by atoms with van der Waals surface area (Å²) in [5.74, 6) is -2.80. The van der Waals surface area contributed by atoms with Crippen LogP contribution in [-0.4, -0.2) is 6.04 Å². The molecule has 0 bridgehead atoms. The molecule has 0 fully saturated rings. The van der Waals surface area contributed by atoms with Crippen LogP contribution < -0.4 is 5.32 Å². The Morgan fingerprint density at radius 1 is 1.05 bits per heavy atom. The molecule has 0 radical (unpaired) electrons. The minimum atomic E-state index is -0.940. The molecule has 0 aromatic heterocycles. The second-order valence-corrected chi connectivity index (χ2v) is 5.52. The lowest BCUT2D eigenvalue weighted by Gasteiger charge is -2.14. The van der Waals surface area contributed by atoms with Gasteiger partial charge in [-0.3, -0.25) is 0 Å². The summed E-state index contributed by atoms with van der Waals surface area (Å²) in [5.41, 5.74) is 0.775. The third-order valence-corrected chi connectivity index (χ3v) is 3.28. The lowest BCUT2D eigenvalue weighted by atomic mass is 9.98. The van der Waals surface area contributed by atoms with Crippen LogP contribution in [0, 0.1) is 17.5 Å². The minimum absolute atomic E-state index is 0.208. The third-order valence-electron chi connectivity index (χ3n) is 3.04. The van der Waals surface area contributed by atoms with Crippen molar-refractivity contribution < 1.29 is 13.2 Å². The second-order valence-electron chi connectivity index (χ2n) is 5.08. The van der Waals surface area contributed by atoms with Crippen LogP contribution in [0.3, 0.4) is 0 Å². The molecule has 0 saturated carbocycles. The molecule has 0 saturated heterocycles. The Bertz CT molecular complexity index is 633. The van der Waals surface area contributed by atoms with Crippen LogP contribution in [0.2, 0.25) is 5.02 Å². The molecule has 0 heterocycles. The predicted molar refractivity (Wildman–Crippen MR) is 78.7 cm³/mol. The van der Waals surface area contributed by atoms with Gasteiger partial charge in [-0.2, -0.15) is 0 Å². The highest BCUT2D eigenvalue weighted by Crippen LogP contribution is 2.31. The van der Waals surface area contributed by atoms with Crippen molar-refractivity contribution in [2.24, 2.45) is 0 Å². The quantitative estimate of drug-likeness (QED) is 0.844. The largest absolute Gasteiger partial charge is 0.310 e. The van der Waals surface area contributed by atoms with Gasteiger partial charge in [0.2, 0.25) is 0 Å². The van der Waals surface area contributed by atoms with E-state index in [1.54, 1.807) is 18.2 Å². The molecule has 0 atom stereocenters.